The first-order chi connectivity index (χ1) is 11.1. The van der Waals surface area contributed by atoms with Gasteiger partial charge in [0.25, 0.3) is 0 Å². The van der Waals surface area contributed by atoms with Gasteiger partial charge in [-0.15, -0.1) is 0 Å². The molecule has 0 fully saturated rings. The number of methoxy groups -OCH3 is 2. The zero-order valence-electron chi connectivity index (χ0n) is 13.3. The van der Waals surface area contributed by atoms with Crippen LogP contribution in [0.3, 0.4) is 0 Å². The molecule has 1 atom stereocenters. The minimum Gasteiger partial charge on any atom is -0.496 e. The number of hydrogen-bond acceptors (Lipinski definition) is 5. The van der Waals surface area contributed by atoms with Crippen molar-refractivity contribution >= 4 is 5.97 Å². The standard InChI is InChI=1S/C18H21NO4/c1-21-17-11-15(23-12-13-6-4-3-5-7-13)9-8-14(17)10-16(19)18(20)22-2/h3-9,11,16H,10,12,19H2,1-2H3. The Hall–Kier alpha value is -2.53. The van der Waals surface area contributed by atoms with E-state index in [2.05, 4.69) is 4.74 Å². The molecular weight excluding hydrogens is 294 g/mol. The molecular formula is C18H21NO4. The predicted molar refractivity (Wildman–Crippen MR) is 87.5 cm³/mol. The fourth-order valence-electron chi connectivity index (χ4n) is 2.20. The van der Waals surface area contributed by atoms with E-state index in [0.29, 0.717) is 24.5 Å². The van der Waals surface area contributed by atoms with Gasteiger partial charge in [-0.05, 0) is 17.2 Å². The highest BCUT2D eigenvalue weighted by Crippen LogP contribution is 2.26. The van der Waals surface area contributed by atoms with Crippen molar-refractivity contribution in [3.8, 4) is 11.5 Å². The Kier molecular flexibility index (Phi) is 6.00. The van der Waals surface area contributed by atoms with Crippen molar-refractivity contribution in [2.45, 2.75) is 19.1 Å². The minimum atomic E-state index is -0.718. The largest absolute Gasteiger partial charge is 0.496 e. The van der Waals surface area contributed by atoms with Crippen molar-refractivity contribution in [2.75, 3.05) is 14.2 Å². The Morgan fingerprint density at radius 2 is 1.87 bits per heavy atom. The molecule has 0 aromatic heterocycles. The number of esters is 1. The molecule has 122 valence electrons. The van der Waals surface area contributed by atoms with Gasteiger partial charge in [-0.3, -0.25) is 4.79 Å². The molecule has 2 rings (SSSR count). The van der Waals surface area contributed by atoms with Gasteiger partial charge >= 0.3 is 5.97 Å². The third-order valence-corrected chi connectivity index (χ3v) is 3.45. The second-order valence-corrected chi connectivity index (χ2v) is 5.08. The number of carbonyl (C=O) groups is 1. The molecule has 2 aromatic rings. The van der Waals surface area contributed by atoms with Crippen molar-refractivity contribution in [2.24, 2.45) is 5.73 Å². The smallest absolute Gasteiger partial charge is 0.322 e. The van der Waals surface area contributed by atoms with E-state index in [9.17, 15) is 4.79 Å². The van der Waals surface area contributed by atoms with Gasteiger partial charge in [-0.1, -0.05) is 36.4 Å². The molecule has 0 bridgehead atoms. The molecule has 5 heteroatoms. The lowest BCUT2D eigenvalue weighted by Gasteiger charge is -2.14. The zero-order chi connectivity index (χ0) is 16.7. The quantitative estimate of drug-likeness (QED) is 0.794. The second kappa shape index (κ2) is 8.19. The van der Waals surface area contributed by atoms with E-state index in [1.807, 2.05) is 42.5 Å². The van der Waals surface area contributed by atoms with Crippen LogP contribution in [0.2, 0.25) is 0 Å². The van der Waals surface area contributed by atoms with Gasteiger partial charge in [-0.2, -0.15) is 0 Å². The topological polar surface area (TPSA) is 70.8 Å². The molecule has 0 aliphatic rings. The summed E-state index contributed by atoms with van der Waals surface area (Å²) >= 11 is 0. The number of carbonyl (C=O) groups excluding carboxylic acids is 1. The van der Waals surface area contributed by atoms with E-state index in [4.69, 9.17) is 15.2 Å². The molecule has 0 heterocycles. The first-order valence-electron chi connectivity index (χ1n) is 7.31. The Morgan fingerprint density at radius 1 is 1.13 bits per heavy atom. The molecule has 0 radical (unpaired) electrons. The third kappa shape index (κ3) is 4.72. The molecule has 0 saturated carbocycles. The number of ether oxygens (including phenoxy) is 3. The van der Waals surface area contributed by atoms with E-state index in [1.165, 1.54) is 7.11 Å². The highest BCUT2D eigenvalue weighted by atomic mass is 16.5. The normalized spacial score (nSPS) is 11.6. The average molecular weight is 315 g/mol. The number of hydrogen-bond donors (Lipinski definition) is 1. The molecule has 0 spiro atoms. The van der Waals surface area contributed by atoms with Crippen LogP contribution in [0.25, 0.3) is 0 Å². The lowest BCUT2D eigenvalue weighted by atomic mass is 10.1. The molecule has 23 heavy (non-hydrogen) atoms. The van der Waals surface area contributed by atoms with Gasteiger partial charge in [0.2, 0.25) is 0 Å². The fraction of sp³-hybridized carbons (Fsp3) is 0.278. The minimum absolute atomic E-state index is 0.342. The summed E-state index contributed by atoms with van der Waals surface area (Å²) in [6, 6.07) is 14.7. The monoisotopic (exact) mass is 315 g/mol. The maximum absolute atomic E-state index is 11.4. The SMILES string of the molecule is COC(=O)C(N)Cc1ccc(OCc2ccccc2)cc1OC. The Balaban J connectivity index is 2.05. The predicted octanol–water partition coefficient (Wildman–Crippen LogP) is 2.32. The summed E-state index contributed by atoms with van der Waals surface area (Å²) in [5, 5.41) is 0. The maximum atomic E-state index is 11.4. The van der Waals surface area contributed by atoms with Crippen LogP contribution in [-0.4, -0.2) is 26.2 Å². The Labute approximate surface area is 136 Å². The van der Waals surface area contributed by atoms with E-state index >= 15 is 0 Å². The first kappa shape index (κ1) is 16.8. The summed E-state index contributed by atoms with van der Waals surface area (Å²) in [5.74, 6) is 0.882. The lowest BCUT2D eigenvalue weighted by molar-refractivity contribution is -0.142. The molecule has 5 nitrogen and oxygen atoms in total. The van der Waals surface area contributed by atoms with Crippen LogP contribution < -0.4 is 15.2 Å². The van der Waals surface area contributed by atoms with E-state index in [1.54, 1.807) is 13.2 Å². The van der Waals surface area contributed by atoms with Gasteiger partial charge in [0, 0.05) is 12.5 Å². The average Bonchev–Trinajstić information content (AvgIpc) is 2.60. The van der Waals surface area contributed by atoms with Gasteiger partial charge in [0.05, 0.1) is 14.2 Å². The van der Waals surface area contributed by atoms with Crippen molar-refractivity contribution in [3.63, 3.8) is 0 Å². The molecule has 2 N–H and O–H groups in total. The Morgan fingerprint density at radius 3 is 2.52 bits per heavy atom. The van der Waals surface area contributed by atoms with Crippen molar-refractivity contribution in [1.29, 1.82) is 0 Å². The molecule has 0 saturated heterocycles. The molecule has 2 aromatic carbocycles. The van der Waals surface area contributed by atoms with Crippen molar-refractivity contribution < 1.29 is 19.0 Å². The maximum Gasteiger partial charge on any atom is 0.322 e. The fourth-order valence-corrected chi connectivity index (χ4v) is 2.20. The van der Waals surface area contributed by atoms with E-state index in [-0.39, 0.29) is 0 Å². The number of benzene rings is 2. The van der Waals surface area contributed by atoms with Gasteiger partial charge in [0.1, 0.15) is 24.1 Å². The van der Waals surface area contributed by atoms with Crippen LogP contribution in [-0.2, 0) is 22.6 Å². The number of nitrogens with two attached hydrogens (primary N) is 1. The van der Waals surface area contributed by atoms with Crippen LogP contribution in [0, 0.1) is 0 Å². The molecule has 1 unspecified atom stereocenters. The first-order valence-corrected chi connectivity index (χ1v) is 7.31. The van der Waals surface area contributed by atoms with Crippen LogP contribution in [0.4, 0.5) is 0 Å². The van der Waals surface area contributed by atoms with Crippen molar-refractivity contribution in [3.05, 3.63) is 59.7 Å². The summed E-state index contributed by atoms with van der Waals surface area (Å²) in [7, 11) is 2.89. The third-order valence-electron chi connectivity index (χ3n) is 3.45. The van der Waals surface area contributed by atoms with Crippen LogP contribution in [0.5, 0.6) is 11.5 Å². The van der Waals surface area contributed by atoms with E-state index in [0.717, 1.165) is 11.1 Å². The second-order valence-electron chi connectivity index (χ2n) is 5.08. The van der Waals surface area contributed by atoms with Crippen LogP contribution >= 0.6 is 0 Å². The molecule has 0 amide bonds. The van der Waals surface area contributed by atoms with Crippen LogP contribution in [0.1, 0.15) is 11.1 Å². The van der Waals surface area contributed by atoms with Crippen LogP contribution in [0.15, 0.2) is 48.5 Å². The van der Waals surface area contributed by atoms with Gasteiger partial charge in [-0.25, -0.2) is 0 Å². The number of rotatable bonds is 7. The lowest BCUT2D eigenvalue weighted by Crippen LogP contribution is -2.33. The van der Waals surface area contributed by atoms with Gasteiger partial charge in [0.15, 0.2) is 0 Å². The van der Waals surface area contributed by atoms with Gasteiger partial charge < -0.3 is 19.9 Å². The molecule has 0 aliphatic carbocycles. The van der Waals surface area contributed by atoms with Crippen molar-refractivity contribution in [1.82, 2.24) is 0 Å². The summed E-state index contributed by atoms with van der Waals surface area (Å²) < 4.78 is 15.8. The highest BCUT2D eigenvalue weighted by Gasteiger charge is 2.17. The summed E-state index contributed by atoms with van der Waals surface area (Å²) in [4.78, 5) is 11.4. The summed E-state index contributed by atoms with van der Waals surface area (Å²) in [6.07, 6.45) is 0.342. The molecule has 0 aliphatic heterocycles. The zero-order valence-corrected chi connectivity index (χ0v) is 13.3. The summed E-state index contributed by atoms with van der Waals surface area (Å²) in [5.41, 5.74) is 7.71. The summed E-state index contributed by atoms with van der Waals surface area (Å²) in [6.45, 7) is 0.477. The highest BCUT2D eigenvalue weighted by molar-refractivity contribution is 5.75. The van der Waals surface area contributed by atoms with E-state index < -0.39 is 12.0 Å². The Bertz CT molecular complexity index is 643.